The molecule has 0 saturated carbocycles. The van der Waals surface area contributed by atoms with Crippen LogP contribution >= 0.6 is 141 Å². The van der Waals surface area contributed by atoms with Crippen LogP contribution in [0.1, 0.15) is 153 Å². The minimum absolute atomic E-state index is 0.346. The van der Waals surface area contributed by atoms with Crippen LogP contribution < -0.4 is 0 Å². The second-order valence-electron chi connectivity index (χ2n) is 15.3. The van der Waals surface area contributed by atoms with Crippen molar-refractivity contribution < 1.29 is 9.47 Å². The molecule has 0 spiro atoms. The molecule has 0 amide bonds. The number of benzene rings is 1. The second-order valence-corrected chi connectivity index (χ2v) is 29.9. The lowest BCUT2D eigenvalue weighted by atomic mass is 10.00. The number of unbranched alkanes of at least 4 members (excludes halogenated alkanes) is 12. The minimum Gasteiger partial charge on any atom is -0.372 e. The molecule has 64 heavy (non-hydrogen) atoms. The van der Waals surface area contributed by atoms with Crippen LogP contribution in [-0.2, 0) is 22.7 Å². The highest BCUT2D eigenvalue weighted by atomic mass is 32.3. The first-order valence-corrected chi connectivity index (χ1v) is 33.5. The zero-order chi connectivity index (χ0) is 45.2. The summed E-state index contributed by atoms with van der Waals surface area (Å²) in [6.07, 6.45) is 20.8. The molecule has 0 N–H and O–H groups in total. The Balaban J connectivity index is 1.12. The molecule has 0 bridgehead atoms. The Bertz CT molecular complexity index is 1750. The molecule has 350 valence electrons. The highest BCUT2D eigenvalue weighted by molar-refractivity contribution is 8.43. The molecule has 0 saturated heterocycles. The fraction of sp³-hybridized carbons (Fsp3) is 0.583. The lowest BCUT2D eigenvalue weighted by Gasteiger charge is -2.13. The van der Waals surface area contributed by atoms with E-state index in [1.807, 2.05) is 106 Å². The molecular formula is C48H64N2O2S12. The average molecular weight is 1090 g/mol. The van der Waals surface area contributed by atoms with E-state index in [2.05, 4.69) is 97.7 Å². The molecule has 4 nitrogen and oxygen atoms in total. The number of nitrogens with zero attached hydrogens (tertiary/aromatic N) is 2. The summed E-state index contributed by atoms with van der Waals surface area (Å²) in [5, 5.41) is 24.2. The molecule has 0 unspecified atom stereocenters. The van der Waals surface area contributed by atoms with E-state index in [1.54, 1.807) is 0 Å². The van der Waals surface area contributed by atoms with E-state index in [1.165, 1.54) is 169 Å². The molecule has 0 aliphatic carbocycles. The molecule has 0 aromatic heterocycles. The number of hydrogen-bond donors (Lipinski definition) is 0. The van der Waals surface area contributed by atoms with Crippen molar-refractivity contribution >= 4 is 141 Å². The number of hydrogen-bond acceptors (Lipinski definition) is 16. The van der Waals surface area contributed by atoms with Gasteiger partial charge in [0.15, 0.2) is 0 Å². The van der Waals surface area contributed by atoms with E-state index in [4.69, 9.17) is 9.47 Å². The van der Waals surface area contributed by atoms with E-state index in [9.17, 15) is 10.5 Å². The Morgan fingerprint density at radius 2 is 0.750 bits per heavy atom. The molecule has 0 atom stereocenters. The summed E-state index contributed by atoms with van der Waals surface area (Å²) in [7, 11) is 0. The Labute approximate surface area is 437 Å². The Hall–Kier alpha value is 0.760. The van der Waals surface area contributed by atoms with Gasteiger partial charge in [-0.25, -0.2) is 0 Å². The molecule has 16 heteroatoms. The van der Waals surface area contributed by atoms with Crippen LogP contribution in [0, 0.1) is 22.7 Å². The SMILES string of the molecule is CCCCCCSC1=C(SCCCCCC)SC(=C2SC=C(COCc3cc(C#N)c(C#N)cc3COCC3=CSC(=C4SC(SCCCCCC)=C(SCCCCCC)S4)S3)S2)S1. The first kappa shape index (κ1) is 55.7. The quantitative estimate of drug-likeness (QED) is 0.0643. The zero-order valence-corrected chi connectivity index (χ0v) is 47.7. The van der Waals surface area contributed by atoms with Crippen molar-refractivity contribution in [3.05, 3.63) is 88.9 Å². The lowest BCUT2D eigenvalue weighted by Crippen LogP contribution is -2.05. The summed E-state index contributed by atoms with van der Waals surface area (Å²) in [6.45, 7) is 10.8. The molecule has 5 rings (SSSR count). The third kappa shape index (κ3) is 19.5. The molecule has 4 aliphatic rings. The number of nitriles is 2. The van der Waals surface area contributed by atoms with E-state index < -0.39 is 0 Å². The van der Waals surface area contributed by atoms with Crippen LogP contribution in [0.15, 0.2) is 66.7 Å². The van der Waals surface area contributed by atoms with Crippen molar-refractivity contribution in [3.8, 4) is 12.1 Å². The van der Waals surface area contributed by atoms with Crippen LogP contribution in [0.2, 0.25) is 0 Å². The van der Waals surface area contributed by atoms with Gasteiger partial charge in [0.2, 0.25) is 0 Å². The van der Waals surface area contributed by atoms with Crippen LogP contribution in [0.25, 0.3) is 0 Å². The van der Waals surface area contributed by atoms with Gasteiger partial charge in [0.1, 0.15) is 12.1 Å². The number of thioether (sulfide) groups is 12. The van der Waals surface area contributed by atoms with Gasteiger partial charge in [-0.2, -0.15) is 10.5 Å². The minimum atomic E-state index is 0.346. The van der Waals surface area contributed by atoms with Gasteiger partial charge >= 0.3 is 0 Å². The maximum atomic E-state index is 9.88. The maximum Gasteiger partial charge on any atom is 0.101 e. The molecule has 1 aromatic rings. The molecule has 4 aliphatic heterocycles. The maximum absolute atomic E-state index is 9.88. The average Bonchev–Trinajstić information content (AvgIpc) is 4.14. The second kappa shape index (κ2) is 33.4. The number of rotatable bonds is 32. The Morgan fingerprint density at radius 3 is 1.05 bits per heavy atom. The van der Waals surface area contributed by atoms with Crippen LogP contribution in [-0.4, -0.2) is 36.2 Å². The number of ether oxygens (including phenoxy) is 2. The first-order chi connectivity index (χ1) is 31.5. The molecule has 0 fully saturated rings. The van der Waals surface area contributed by atoms with Crippen molar-refractivity contribution in [1.29, 1.82) is 10.5 Å². The fourth-order valence-electron chi connectivity index (χ4n) is 6.39. The van der Waals surface area contributed by atoms with Gasteiger partial charge < -0.3 is 9.47 Å². The monoisotopic (exact) mass is 1080 g/mol. The summed E-state index contributed by atoms with van der Waals surface area (Å²) >= 11 is 23.4. The van der Waals surface area contributed by atoms with Gasteiger partial charge in [-0.05, 0) is 82.8 Å². The van der Waals surface area contributed by atoms with Gasteiger partial charge in [-0.15, -0.1) is 47.0 Å². The normalized spacial score (nSPS) is 16.5. The van der Waals surface area contributed by atoms with Gasteiger partial charge in [-0.1, -0.05) is 199 Å². The van der Waals surface area contributed by atoms with Crippen molar-refractivity contribution in [2.75, 3.05) is 36.2 Å². The first-order valence-electron chi connectivity index (χ1n) is 22.9. The summed E-state index contributed by atoms with van der Waals surface area (Å²) < 4.78 is 24.2. The summed E-state index contributed by atoms with van der Waals surface area (Å²) in [6, 6.07) is 8.08. The van der Waals surface area contributed by atoms with Gasteiger partial charge in [-0.3, -0.25) is 0 Å². The van der Waals surface area contributed by atoms with Gasteiger partial charge in [0, 0.05) is 9.81 Å². The summed E-state index contributed by atoms with van der Waals surface area (Å²) in [5.74, 6) is 4.79. The summed E-state index contributed by atoms with van der Waals surface area (Å²) in [5.41, 5.74) is 2.54. The molecular weight excluding hydrogens is 1020 g/mol. The van der Waals surface area contributed by atoms with Gasteiger partial charge in [0.05, 0.1) is 71.5 Å². The van der Waals surface area contributed by atoms with E-state index in [0.717, 1.165) is 11.1 Å². The van der Waals surface area contributed by atoms with Crippen molar-refractivity contribution in [2.24, 2.45) is 0 Å². The van der Waals surface area contributed by atoms with E-state index in [0.29, 0.717) is 37.6 Å². The van der Waals surface area contributed by atoms with E-state index in [-0.39, 0.29) is 0 Å². The van der Waals surface area contributed by atoms with Crippen molar-refractivity contribution in [3.63, 3.8) is 0 Å². The predicted octanol–water partition coefficient (Wildman–Crippen LogP) is 19.8. The van der Waals surface area contributed by atoms with Crippen LogP contribution in [0.4, 0.5) is 0 Å². The molecule has 4 heterocycles. The highest BCUT2D eigenvalue weighted by Gasteiger charge is 2.29. The predicted molar refractivity (Wildman–Crippen MR) is 307 cm³/mol. The topological polar surface area (TPSA) is 66.0 Å². The third-order valence-electron chi connectivity index (χ3n) is 9.96. The molecule has 0 radical (unpaired) electrons. The summed E-state index contributed by atoms with van der Waals surface area (Å²) in [4.78, 5) is 2.40. The molecule has 1 aromatic carbocycles. The van der Waals surface area contributed by atoms with E-state index >= 15 is 0 Å². The highest BCUT2D eigenvalue weighted by Crippen LogP contribution is 2.64. The van der Waals surface area contributed by atoms with Crippen molar-refractivity contribution in [1.82, 2.24) is 0 Å². The Kier molecular flexibility index (Phi) is 29.0. The van der Waals surface area contributed by atoms with Crippen LogP contribution in [0.5, 0.6) is 0 Å². The fourth-order valence-corrected chi connectivity index (χ4v) is 23.5. The van der Waals surface area contributed by atoms with Crippen molar-refractivity contribution in [2.45, 2.75) is 144 Å². The Morgan fingerprint density at radius 1 is 0.422 bits per heavy atom. The largest absolute Gasteiger partial charge is 0.372 e. The van der Waals surface area contributed by atoms with Crippen LogP contribution in [0.3, 0.4) is 0 Å². The zero-order valence-electron chi connectivity index (χ0n) is 37.9. The van der Waals surface area contributed by atoms with Gasteiger partial charge in [0.25, 0.3) is 0 Å². The smallest absolute Gasteiger partial charge is 0.101 e. The lowest BCUT2D eigenvalue weighted by molar-refractivity contribution is 0.132. The standard InChI is InChI=1S/C48H64N2O2S12/c1-5-9-13-17-21-53-41-42(54-22-18-14-10-6-2)62-47(61-41)45-57-33-39(59-45)31-51-29-37-25-35(27-49)36(28-50)26-38(37)30-52-32-40-34-58-46(60-40)48-63-43(55-23-19-15-11-7-3)44(64-48)56-24-20-16-12-8-4/h25-26,33-34H,5-24,29-32H2,1-4H3. The third-order valence-corrected chi connectivity index (χ3v) is 27.2.